The third-order valence-electron chi connectivity index (χ3n) is 3.97. The Kier molecular flexibility index (Phi) is 5.43. The van der Waals surface area contributed by atoms with Crippen molar-refractivity contribution in [3.63, 3.8) is 0 Å². The SMILES string of the molecule is Cc1ccc(C(Cc2ccc(OC(C)C)cc2)C(=O)O)cc1C. The van der Waals surface area contributed by atoms with E-state index in [-0.39, 0.29) is 6.10 Å². The van der Waals surface area contributed by atoms with Crippen molar-refractivity contribution in [3.05, 3.63) is 64.7 Å². The molecular formula is C20H24O3. The van der Waals surface area contributed by atoms with Crippen LogP contribution < -0.4 is 4.74 Å². The first-order valence-corrected chi connectivity index (χ1v) is 7.92. The van der Waals surface area contributed by atoms with E-state index < -0.39 is 11.9 Å². The number of aryl methyl sites for hydroxylation is 2. The molecule has 0 bridgehead atoms. The molecule has 2 aromatic rings. The number of hydrogen-bond acceptors (Lipinski definition) is 2. The van der Waals surface area contributed by atoms with Crippen LogP contribution in [0.15, 0.2) is 42.5 Å². The number of hydrogen-bond donors (Lipinski definition) is 1. The summed E-state index contributed by atoms with van der Waals surface area (Å²) >= 11 is 0. The van der Waals surface area contributed by atoms with Gasteiger partial charge in [0.25, 0.3) is 0 Å². The van der Waals surface area contributed by atoms with Crippen LogP contribution in [0.1, 0.15) is 42.0 Å². The van der Waals surface area contributed by atoms with Crippen LogP contribution in [0, 0.1) is 13.8 Å². The summed E-state index contributed by atoms with van der Waals surface area (Å²) in [5, 5.41) is 9.60. The third-order valence-corrected chi connectivity index (χ3v) is 3.97. The summed E-state index contributed by atoms with van der Waals surface area (Å²) in [4.78, 5) is 11.7. The van der Waals surface area contributed by atoms with Gasteiger partial charge in [-0.3, -0.25) is 4.79 Å². The van der Waals surface area contributed by atoms with Crippen LogP contribution in [-0.2, 0) is 11.2 Å². The summed E-state index contributed by atoms with van der Waals surface area (Å²) < 4.78 is 5.62. The van der Waals surface area contributed by atoms with Gasteiger partial charge < -0.3 is 9.84 Å². The fourth-order valence-corrected chi connectivity index (χ4v) is 2.54. The van der Waals surface area contributed by atoms with E-state index in [1.165, 1.54) is 5.56 Å². The summed E-state index contributed by atoms with van der Waals surface area (Å²) in [6, 6.07) is 13.6. The van der Waals surface area contributed by atoms with Crippen LogP contribution in [0.2, 0.25) is 0 Å². The molecule has 122 valence electrons. The van der Waals surface area contributed by atoms with E-state index in [0.29, 0.717) is 6.42 Å². The van der Waals surface area contributed by atoms with Crippen LogP contribution in [0.25, 0.3) is 0 Å². The summed E-state index contributed by atoms with van der Waals surface area (Å²) in [5.74, 6) is -0.524. The minimum Gasteiger partial charge on any atom is -0.491 e. The van der Waals surface area contributed by atoms with Gasteiger partial charge in [-0.05, 0) is 68.5 Å². The number of carboxylic acid groups (broad SMARTS) is 1. The molecule has 1 N–H and O–H groups in total. The predicted octanol–water partition coefficient (Wildman–Crippen LogP) is 4.50. The van der Waals surface area contributed by atoms with E-state index in [0.717, 1.165) is 22.4 Å². The average Bonchev–Trinajstić information content (AvgIpc) is 2.48. The Morgan fingerprint density at radius 2 is 1.70 bits per heavy atom. The highest BCUT2D eigenvalue weighted by atomic mass is 16.5. The smallest absolute Gasteiger partial charge is 0.311 e. The van der Waals surface area contributed by atoms with Gasteiger partial charge in [-0.2, -0.15) is 0 Å². The zero-order chi connectivity index (χ0) is 17.0. The zero-order valence-corrected chi connectivity index (χ0v) is 14.2. The molecule has 0 heterocycles. The van der Waals surface area contributed by atoms with Crippen molar-refractivity contribution < 1.29 is 14.6 Å². The van der Waals surface area contributed by atoms with Gasteiger partial charge >= 0.3 is 5.97 Å². The van der Waals surface area contributed by atoms with E-state index in [1.807, 2.05) is 70.2 Å². The highest BCUT2D eigenvalue weighted by molar-refractivity contribution is 5.76. The number of aliphatic carboxylic acids is 1. The van der Waals surface area contributed by atoms with E-state index >= 15 is 0 Å². The van der Waals surface area contributed by atoms with E-state index in [1.54, 1.807) is 0 Å². The summed E-state index contributed by atoms with van der Waals surface area (Å²) in [7, 11) is 0. The molecule has 0 saturated carbocycles. The normalized spacial score (nSPS) is 12.2. The van der Waals surface area contributed by atoms with Gasteiger partial charge in [-0.1, -0.05) is 30.3 Å². The number of carbonyl (C=O) groups is 1. The standard InChI is InChI=1S/C20H24O3/c1-13(2)23-18-9-6-16(7-10-18)12-19(20(21)22)17-8-5-14(3)15(4)11-17/h5-11,13,19H,12H2,1-4H3,(H,21,22). The molecule has 3 nitrogen and oxygen atoms in total. The first-order valence-electron chi connectivity index (χ1n) is 7.92. The van der Waals surface area contributed by atoms with E-state index in [2.05, 4.69) is 0 Å². The molecule has 0 fully saturated rings. The fraction of sp³-hybridized carbons (Fsp3) is 0.350. The van der Waals surface area contributed by atoms with Crippen LogP contribution in [0.5, 0.6) is 5.75 Å². The van der Waals surface area contributed by atoms with Gasteiger partial charge in [-0.25, -0.2) is 0 Å². The second-order valence-electron chi connectivity index (χ2n) is 6.25. The molecule has 0 radical (unpaired) electrons. The first-order chi connectivity index (χ1) is 10.9. The molecule has 2 rings (SSSR count). The molecule has 0 aliphatic heterocycles. The molecule has 2 aromatic carbocycles. The van der Waals surface area contributed by atoms with Crippen molar-refractivity contribution in [1.82, 2.24) is 0 Å². The van der Waals surface area contributed by atoms with E-state index in [4.69, 9.17) is 4.74 Å². The number of benzene rings is 2. The largest absolute Gasteiger partial charge is 0.491 e. The van der Waals surface area contributed by atoms with E-state index in [9.17, 15) is 9.90 Å². The lowest BCUT2D eigenvalue weighted by molar-refractivity contribution is -0.138. The van der Waals surface area contributed by atoms with Gasteiger partial charge in [0.05, 0.1) is 12.0 Å². The molecule has 0 aliphatic rings. The van der Waals surface area contributed by atoms with Crippen molar-refractivity contribution in [2.24, 2.45) is 0 Å². The second kappa shape index (κ2) is 7.32. The second-order valence-corrected chi connectivity index (χ2v) is 6.25. The van der Waals surface area contributed by atoms with Crippen molar-refractivity contribution in [1.29, 1.82) is 0 Å². The average molecular weight is 312 g/mol. The maximum Gasteiger partial charge on any atom is 0.311 e. The quantitative estimate of drug-likeness (QED) is 0.854. The lowest BCUT2D eigenvalue weighted by Crippen LogP contribution is -2.15. The minimum absolute atomic E-state index is 0.128. The molecule has 0 saturated heterocycles. The Labute approximate surface area is 137 Å². The highest BCUT2D eigenvalue weighted by Crippen LogP contribution is 2.25. The highest BCUT2D eigenvalue weighted by Gasteiger charge is 2.20. The summed E-state index contributed by atoms with van der Waals surface area (Å²) in [6.45, 7) is 8.00. The topological polar surface area (TPSA) is 46.5 Å². The van der Waals surface area contributed by atoms with Crippen LogP contribution in [0.4, 0.5) is 0 Å². The molecule has 3 heteroatoms. The zero-order valence-electron chi connectivity index (χ0n) is 14.2. The maximum absolute atomic E-state index is 11.7. The predicted molar refractivity (Wildman–Crippen MR) is 92.2 cm³/mol. The number of carboxylic acids is 1. The number of ether oxygens (including phenoxy) is 1. The van der Waals surface area contributed by atoms with Gasteiger partial charge in [0, 0.05) is 0 Å². The van der Waals surface area contributed by atoms with Crippen molar-refractivity contribution >= 4 is 5.97 Å². The molecule has 1 atom stereocenters. The molecule has 1 unspecified atom stereocenters. The molecular weight excluding hydrogens is 288 g/mol. The van der Waals surface area contributed by atoms with Crippen molar-refractivity contribution in [2.75, 3.05) is 0 Å². The van der Waals surface area contributed by atoms with Crippen molar-refractivity contribution in [2.45, 2.75) is 46.1 Å². The molecule has 0 spiro atoms. The summed E-state index contributed by atoms with van der Waals surface area (Å²) in [6.07, 6.45) is 0.600. The number of rotatable bonds is 6. The van der Waals surface area contributed by atoms with Crippen LogP contribution >= 0.6 is 0 Å². The first kappa shape index (κ1) is 17.1. The van der Waals surface area contributed by atoms with Gasteiger partial charge in [0.15, 0.2) is 0 Å². The Bertz CT molecular complexity index is 672. The lowest BCUT2D eigenvalue weighted by atomic mass is 9.90. The molecule has 0 aromatic heterocycles. The fourth-order valence-electron chi connectivity index (χ4n) is 2.54. The monoisotopic (exact) mass is 312 g/mol. The van der Waals surface area contributed by atoms with Gasteiger partial charge in [-0.15, -0.1) is 0 Å². The molecule has 23 heavy (non-hydrogen) atoms. The van der Waals surface area contributed by atoms with Gasteiger partial charge in [0.1, 0.15) is 5.75 Å². The molecule has 0 amide bonds. The Morgan fingerprint density at radius 3 is 2.22 bits per heavy atom. The maximum atomic E-state index is 11.7. The van der Waals surface area contributed by atoms with Crippen LogP contribution in [-0.4, -0.2) is 17.2 Å². The van der Waals surface area contributed by atoms with Crippen LogP contribution in [0.3, 0.4) is 0 Å². The minimum atomic E-state index is -0.796. The Morgan fingerprint density at radius 1 is 1.04 bits per heavy atom. The summed E-state index contributed by atoms with van der Waals surface area (Å²) in [5.41, 5.74) is 4.14. The third kappa shape index (κ3) is 4.59. The molecule has 0 aliphatic carbocycles. The lowest BCUT2D eigenvalue weighted by Gasteiger charge is -2.15. The van der Waals surface area contributed by atoms with Crippen molar-refractivity contribution in [3.8, 4) is 5.75 Å². The van der Waals surface area contributed by atoms with Gasteiger partial charge in [0.2, 0.25) is 0 Å². The Balaban J connectivity index is 2.19. The Hall–Kier alpha value is -2.29.